The Bertz CT molecular complexity index is 745. The van der Waals surface area contributed by atoms with E-state index in [9.17, 15) is 14.4 Å². The number of esters is 3. The molecule has 0 aromatic heterocycles. The Morgan fingerprint density at radius 2 is 1.69 bits per heavy atom. The number of thioether (sulfide) groups is 1. The lowest BCUT2D eigenvalue weighted by Gasteiger charge is -2.43. The Hall–Kier alpha value is -1.81. The summed E-state index contributed by atoms with van der Waals surface area (Å²) in [5.41, 5.74) is 6.48. The Balaban J connectivity index is 2.22. The highest BCUT2D eigenvalue weighted by Crippen LogP contribution is 2.34. The van der Waals surface area contributed by atoms with Crippen molar-refractivity contribution in [2.45, 2.75) is 56.3 Å². The fourth-order valence-corrected chi connectivity index (χ4v) is 4.40. The first kappa shape index (κ1) is 23.5. The molecule has 10 heteroatoms. The molecule has 1 aromatic rings. The van der Waals surface area contributed by atoms with E-state index >= 15 is 0 Å². The number of halogens is 1. The molecular formula is C19H24ClNO7S. The predicted molar refractivity (Wildman–Crippen MR) is 107 cm³/mol. The van der Waals surface area contributed by atoms with Crippen LogP contribution in [0.15, 0.2) is 24.3 Å². The third-order valence-electron chi connectivity index (χ3n) is 4.12. The predicted octanol–water partition coefficient (Wildman–Crippen LogP) is 2.05. The highest BCUT2D eigenvalue weighted by Gasteiger charge is 2.48. The molecule has 1 saturated heterocycles. The van der Waals surface area contributed by atoms with Crippen molar-refractivity contribution < 1.29 is 33.3 Å². The SMILES string of the molecule is CC(=O)OCC1OC(SCc2ccccc2Cl)C(OC(C)=O)C(N)C1OC(C)=O. The minimum Gasteiger partial charge on any atom is -0.463 e. The number of ether oxygens (including phenoxy) is 4. The van der Waals surface area contributed by atoms with Gasteiger partial charge in [0.15, 0.2) is 6.10 Å². The van der Waals surface area contributed by atoms with E-state index in [2.05, 4.69) is 0 Å². The molecule has 2 rings (SSSR count). The maximum Gasteiger partial charge on any atom is 0.303 e. The molecule has 0 radical (unpaired) electrons. The summed E-state index contributed by atoms with van der Waals surface area (Å²) in [7, 11) is 0. The molecule has 1 aliphatic rings. The van der Waals surface area contributed by atoms with Gasteiger partial charge in [-0.25, -0.2) is 0 Å². The van der Waals surface area contributed by atoms with Crippen LogP contribution in [-0.2, 0) is 39.1 Å². The van der Waals surface area contributed by atoms with E-state index in [1.54, 1.807) is 6.07 Å². The summed E-state index contributed by atoms with van der Waals surface area (Å²) in [4.78, 5) is 34.4. The van der Waals surface area contributed by atoms with Crippen molar-refractivity contribution in [2.75, 3.05) is 6.61 Å². The van der Waals surface area contributed by atoms with Gasteiger partial charge in [-0.15, -0.1) is 11.8 Å². The zero-order valence-corrected chi connectivity index (χ0v) is 17.9. The summed E-state index contributed by atoms with van der Waals surface area (Å²) in [6.07, 6.45) is -2.64. The molecule has 5 unspecified atom stereocenters. The van der Waals surface area contributed by atoms with E-state index < -0.39 is 47.7 Å². The van der Waals surface area contributed by atoms with E-state index in [1.165, 1.54) is 32.5 Å². The van der Waals surface area contributed by atoms with Crippen molar-refractivity contribution in [2.24, 2.45) is 5.73 Å². The number of hydrogen-bond donors (Lipinski definition) is 1. The van der Waals surface area contributed by atoms with Gasteiger partial charge in [-0.2, -0.15) is 0 Å². The minimum absolute atomic E-state index is 0.156. The summed E-state index contributed by atoms with van der Waals surface area (Å²) < 4.78 is 21.7. The van der Waals surface area contributed by atoms with E-state index in [0.29, 0.717) is 10.8 Å². The van der Waals surface area contributed by atoms with Crippen molar-refractivity contribution in [1.82, 2.24) is 0 Å². The van der Waals surface area contributed by atoms with Gasteiger partial charge < -0.3 is 24.7 Å². The van der Waals surface area contributed by atoms with Crippen molar-refractivity contribution in [3.8, 4) is 0 Å². The van der Waals surface area contributed by atoms with E-state index in [1.807, 2.05) is 18.2 Å². The van der Waals surface area contributed by atoms with Gasteiger partial charge in [0.05, 0.1) is 6.04 Å². The molecule has 1 fully saturated rings. The highest BCUT2D eigenvalue weighted by atomic mass is 35.5. The lowest BCUT2D eigenvalue weighted by Crippen LogP contribution is -2.63. The number of hydrogen-bond acceptors (Lipinski definition) is 9. The third kappa shape index (κ3) is 6.88. The van der Waals surface area contributed by atoms with Gasteiger partial charge >= 0.3 is 17.9 Å². The van der Waals surface area contributed by atoms with Gasteiger partial charge in [-0.3, -0.25) is 14.4 Å². The molecular weight excluding hydrogens is 422 g/mol. The monoisotopic (exact) mass is 445 g/mol. The van der Waals surface area contributed by atoms with Crippen LogP contribution in [0.5, 0.6) is 0 Å². The van der Waals surface area contributed by atoms with Gasteiger partial charge in [0, 0.05) is 31.5 Å². The lowest BCUT2D eigenvalue weighted by molar-refractivity contribution is -0.201. The number of benzene rings is 1. The Kier molecular flexibility index (Phi) is 8.76. The first-order valence-electron chi connectivity index (χ1n) is 8.93. The second-order valence-electron chi connectivity index (χ2n) is 6.47. The molecule has 0 bridgehead atoms. The quantitative estimate of drug-likeness (QED) is 0.497. The summed E-state index contributed by atoms with van der Waals surface area (Å²) in [5.74, 6) is -1.16. The summed E-state index contributed by atoms with van der Waals surface area (Å²) in [5, 5.41) is 0.596. The van der Waals surface area contributed by atoms with E-state index in [-0.39, 0.29) is 6.61 Å². The molecule has 2 N–H and O–H groups in total. The lowest BCUT2D eigenvalue weighted by atomic mass is 9.97. The zero-order valence-electron chi connectivity index (χ0n) is 16.3. The molecule has 1 aromatic carbocycles. The van der Waals surface area contributed by atoms with Crippen molar-refractivity contribution >= 4 is 41.3 Å². The smallest absolute Gasteiger partial charge is 0.303 e. The average molecular weight is 446 g/mol. The van der Waals surface area contributed by atoms with Crippen LogP contribution >= 0.6 is 23.4 Å². The normalized spacial score (nSPS) is 26.4. The molecule has 5 atom stereocenters. The maximum absolute atomic E-state index is 11.6. The molecule has 1 aliphatic heterocycles. The van der Waals surface area contributed by atoms with Crippen LogP contribution in [0.2, 0.25) is 5.02 Å². The van der Waals surface area contributed by atoms with Crippen LogP contribution in [0.3, 0.4) is 0 Å². The number of carbonyl (C=O) groups excluding carboxylic acids is 3. The Morgan fingerprint density at radius 3 is 2.28 bits per heavy atom. The molecule has 0 saturated carbocycles. The molecule has 8 nitrogen and oxygen atoms in total. The van der Waals surface area contributed by atoms with Crippen molar-refractivity contribution in [3.63, 3.8) is 0 Å². The molecule has 0 amide bonds. The van der Waals surface area contributed by atoms with Gasteiger partial charge in [0.25, 0.3) is 0 Å². The van der Waals surface area contributed by atoms with Crippen LogP contribution in [0.25, 0.3) is 0 Å². The average Bonchev–Trinajstić information content (AvgIpc) is 2.63. The van der Waals surface area contributed by atoms with E-state index in [0.717, 1.165) is 5.56 Å². The van der Waals surface area contributed by atoms with Crippen LogP contribution in [0.4, 0.5) is 0 Å². The molecule has 160 valence electrons. The van der Waals surface area contributed by atoms with Gasteiger partial charge in [0.2, 0.25) is 0 Å². The number of carbonyl (C=O) groups is 3. The van der Waals surface area contributed by atoms with E-state index in [4.69, 9.17) is 36.3 Å². The van der Waals surface area contributed by atoms with Crippen LogP contribution in [0, 0.1) is 0 Å². The molecule has 0 spiro atoms. The second kappa shape index (κ2) is 10.8. The Labute approximate surface area is 178 Å². The maximum atomic E-state index is 11.6. The Morgan fingerprint density at radius 1 is 1.07 bits per heavy atom. The third-order valence-corrected chi connectivity index (χ3v) is 5.67. The summed E-state index contributed by atoms with van der Waals surface area (Å²) in [6.45, 7) is 3.59. The van der Waals surface area contributed by atoms with Crippen molar-refractivity contribution in [1.29, 1.82) is 0 Å². The fourth-order valence-electron chi connectivity index (χ4n) is 2.87. The summed E-state index contributed by atoms with van der Waals surface area (Å²) >= 11 is 7.54. The molecule has 29 heavy (non-hydrogen) atoms. The van der Waals surface area contributed by atoms with Crippen LogP contribution in [0.1, 0.15) is 26.3 Å². The second-order valence-corrected chi connectivity index (χ2v) is 7.97. The fraction of sp³-hybridized carbons (Fsp3) is 0.526. The minimum atomic E-state index is -0.951. The van der Waals surface area contributed by atoms with Gasteiger partial charge in [0.1, 0.15) is 24.3 Å². The summed E-state index contributed by atoms with van der Waals surface area (Å²) in [6, 6.07) is 6.45. The van der Waals surface area contributed by atoms with Crippen LogP contribution in [-0.4, -0.2) is 54.3 Å². The standard InChI is InChI=1S/C19H24ClNO7S/c1-10(22)25-8-15-17(26-11(2)23)16(21)18(27-12(3)24)19(28-15)29-9-13-6-4-5-7-14(13)20/h4-7,15-19H,8-9,21H2,1-3H3. The first-order valence-corrected chi connectivity index (χ1v) is 10.4. The van der Waals surface area contributed by atoms with Crippen molar-refractivity contribution in [3.05, 3.63) is 34.9 Å². The van der Waals surface area contributed by atoms with Gasteiger partial charge in [-0.05, 0) is 11.6 Å². The molecule has 1 heterocycles. The van der Waals surface area contributed by atoms with Gasteiger partial charge in [-0.1, -0.05) is 29.8 Å². The first-order chi connectivity index (χ1) is 13.7. The number of nitrogens with two attached hydrogens (primary N) is 1. The number of rotatable bonds is 7. The van der Waals surface area contributed by atoms with Crippen LogP contribution < -0.4 is 5.73 Å². The largest absolute Gasteiger partial charge is 0.463 e. The zero-order chi connectivity index (χ0) is 21.6. The topological polar surface area (TPSA) is 114 Å². The molecule has 0 aliphatic carbocycles. The highest BCUT2D eigenvalue weighted by molar-refractivity contribution is 7.99.